The van der Waals surface area contributed by atoms with E-state index in [1.54, 1.807) is 30.3 Å². The Labute approximate surface area is 175 Å². The molecule has 1 N–H and O–H groups in total. The molecule has 0 aromatic heterocycles. The van der Waals surface area contributed by atoms with Crippen molar-refractivity contribution in [2.75, 3.05) is 11.9 Å². The van der Waals surface area contributed by atoms with Crippen LogP contribution in [0.1, 0.15) is 43.4 Å². The lowest BCUT2D eigenvalue weighted by Gasteiger charge is -2.17. The van der Waals surface area contributed by atoms with E-state index in [1.807, 2.05) is 32.9 Å². The van der Waals surface area contributed by atoms with Gasteiger partial charge in [-0.15, -0.1) is 0 Å². The molecular formula is C22H23ClN2O4. The highest BCUT2D eigenvalue weighted by molar-refractivity contribution is 6.31. The van der Waals surface area contributed by atoms with Gasteiger partial charge in [-0.2, -0.15) is 5.26 Å². The molecule has 0 saturated heterocycles. The fraction of sp³-hybridized carbons (Fsp3) is 0.318. The summed E-state index contributed by atoms with van der Waals surface area (Å²) in [6.45, 7) is 6.96. The number of carbonyl (C=O) groups excluding carboxylic acids is 2. The van der Waals surface area contributed by atoms with Gasteiger partial charge in [-0.1, -0.05) is 37.6 Å². The van der Waals surface area contributed by atoms with Crippen molar-refractivity contribution in [1.82, 2.24) is 0 Å². The number of nitrogens with one attached hydrogen (secondary N) is 1. The number of hydrogen-bond donors (Lipinski definition) is 1. The number of carbonyl (C=O) groups is 2. The monoisotopic (exact) mass is 414 g/mol. The van der Waals surface area contributed by atoms with Crippen molar-refractivity contribution in [3.63, 3.8) is 0 Å². The van der Waals surface area contributed by atoms with Crippen molar-refractivity contribution in [1.29, 1.82) is 5.26 Å². The van der Waals surface area contributed by atoms with Gasteiger partial charge in [-0.05, 0) is 55.2 Å². The molecule has 0 spiro atoms. The minimum absolute atomic E-state index is 0.157. The topological polar surface area (TPSA) is 88.4 Å². The summed E-state index contributed by atoms with van der Waals surface area (Å²) < 4.78 is 10.8. The molecule has 0 aliphatic heterocycles. The molecule has 152 valence electrons. The van der Waals surface area contributed by atoms with Gasteiger partial charge in [0.1, 0.15) is 11.8 Å². The van der Waals surface area contributed by atoms with Crippen LogP contribution in [-0.2, 0) is 14.3 Å². The van der Waals surface area contributed by atoms with Crippen LogP contribution in [0.4, 0.5) is 5.69 Å². The highest BCUT2D eigenvalue weighted by Crippen LogP contribution is 2.32. The van der Waals surface area contributed by atoms with Crippen molar-refractivity contribution >= 4 is 29.2 Å². The van der Waals surface area contributed by atoms with Crippen molar-refractivity contribution in [3.05, 3.63) is 58.1 Å². The predicted molar refractivity (Wildman–Crippen MR) is 111 cm³/mol. The van der Waals surface area contributed by atoms with Crippen LogP contribution in [0.2, 0.25) is 5.02 Å². The number of halogens is 1. The van der Waals surface area contributed by atoms with E-state index < -0.39 is 18.0 Å². The van der Waals surface area contributed by atoms with E-state index in [0.717, 1.165) is 11.1 Å². The summed E-state index contributed by atoms with van der Waals surface area (Å²) in [5, 5.41) is 12.3. The fourth-order valence-electron chi connectivity index (χ4n) is 2.59. The second-order valence-corrected chi connectivity index (χ2v) is 7.27. The maximum atomic E-state index is 12.3. The first-order chi connectivity index (χ1) is 13.7. The first-order valence-electron chi connectivity index (χ1n) is 9.15. The van der Waals surface area contributed by atoms with E-state index in [9.17, 15) is 9.59 Å². The number of nitriles is 1. The Bertz CT molecular complexity index is 950. The molecule has 0 heterocycles. The Hall–Kier alpha value is -3.04. The maximum Gasteiger partial charge on any atom is 0.344 e. The van der Waals surface area contributed by atoms with E-state index in [1.165, 1.54) is 6.92 Å². The van der Waals surface area contributed by atoms with Gasteiger partial charge in [-0.3, -0.25) is 4.79 Å². The first-order valence-corrected chi connectivity index (χ1v) is 9.53. The molecule has 0 bridgehead atoms. The lowest BCUT2D eigenvalue weighted by Crippen LogP contribution is -2.32. The van der Waals surface area contributed by atoms with Crippen LogP contribution in [0.3, 0.4) is 0 Å². The Morgan fingerprint density at radius 3 is 2.55 bits per heavy atom. The zero-order valence-corrected chi connectivity index (χ0v) is 17.5. The van der Waals surface area contributed by atoms with Gasteiger partial charge in [0.05, 0.1) is 11.3 Å². The lowest BCUT2D eigenvalue weighted by atomic mass is 10.0. The third kappa shape index (κ3) is 5.97. The predicted octanol–water partition coefficient (Wildman–Crippen LogP) is 4.59. The van der Waals surface area contributed by atoms with Gasteiger partial charge in [0.15, 0.2) is 12.7 Å². The summed E-state index contributed by atoms with van der Waals surface area (Å²) in [5.41, 5.74) is 2.40. The van der Waals surface area contributed by atoms with E-state index in [2.05, 4.69) is 5.32 Å². The number of anilines is 1. The molecule has 6 nitrogen and oxygen atoms in total. The lowest BCUT2D eigenvalue weighted by molar-refractivity contribution is -0.155. The Morgan fingerprint density at radius 2 is 1.90 bits per heavy atom. The average Bonchev–Trinajstić information content (AvgIpc) is 2.68. The van der Waals surface area contributed by atoms with Gasteiger partial charge in [0.25, 0.3) is 5.91 Å². The number of esters is 1. The highest BCUT2D eigenvalue weighted by Gasteiger charge is 2.20. The number of benzene rings is 2. The minimum Gasteiger partial charge on any atom is -0.482 e. The van der Waals surface area contributed by atoms with Gasteiger partial charge in [0.2, 0.25) is 0 Å². The third-order valence-corrected chi connectivity index (χ3v) is 4.65. The van der Waals surface area contributed by atoms with Crippen molar-refractivity contribution < 1.29 is 19.1 Å². The summed E-state index contributed by atoms with van der Waals surface area (Å²) >= 11 is 6.17. The summed E-state index contributed by atoms with van der Waals surface area (Å²) in [4.78, 5) is 24.4. The van der Waals surface area contributed by atoms with Gasteiger partial charge in [0, 0.05) is 5.02 Å². The van der Waals surface area contributed by atoms with Crippen LogP contribution >= 0.6 is 11.6 Å². The third-order valence-electron chi connectivity index (χ3n) is 4.24. The van der Waals surface area contributed by atoms with Crippen LogP contribution < -0.4 is 10.1 Å². The normalized spacial score (nSPS) is 11.5. The van der Waals surface area contributed by atoms with Crippen molar-refractivity contribution in [2.45, 2.75) is 39.7 Å². The second-order valence-electron chi connectivity index (χ2n) is 6.86. The van der Waals surface area contributed by atoms with Gasteiger partial charge >= 0.3 is 5.97 Å². The van der Waals surface area contributed by atoms with Crippen LogP contribution in [0.15, 0.2) is 36.4 Å². The number of amides is 1. The molecule has 7 heteroatoms. The Kier molecular flexibility index (Phi) is 7.63. The molecule has 29 heavy (non-hydrogen) atoms. The fourth-order valence-corrected chi connectivity index (χ4v) is 2.76. The SMILES string of the molecule is Cc1cc(OCC(=O)O[C@@H](C)C(=O)Nc2ccccc2C#N)c(C(C)C)cc1Cl. The maximum absolute atomic E-state index is 12.3. The second kappa shape index (κ2) is 9.94. The average molecular weight is 415 g/mol. The molecule has 2 rings (SSSR count). The van der Waals surface area contributed by atoms with Crippen LogP contribution in [0.25, 0.3) is 0 Å². The molecule has 1 amide bonds. The Balaban J connectivity index is 1.96. The van der Waals surface area contributed by atoms with E-state index in [4.69, 9.17) is 26.3 Å². The highest BCUT2D eigenvalue weighted by atomic mass is 35.5. The van der Waals surface area contributed by atoms with Crippen LogP contribution in [0.5, 0.6) is 5.75 Å². The number of aryl methyl sites for hydroxylation is 1. The molecule has 2 aromatic carbocycles. The van der Waals surface area contributed by atoms with Gasteiger partial charge < -0.3 is 14.8 Å². The zero-order chi connectivity index (χ0) is 21.6. The molecule has 0 saturated carbocycles. The number of nitrogens with zero attached hydrogens (tertiary/aromatic N) is 1. The summed E-state index contributed by atoms with van der Waals surface area (Å²) in [6.07, 6.45) is -1.05. The number of para-hydroxylation sites is 1. The van der Waals surface area contributed by atoms with E-state index >= 15 is 0 Å². The molecule has 0 aliphatic carbocycles. The summed E-state index contributed by atoms with van der Waals surface area (Å²) in [7, 11) is 0. The standard InChI is InChI=1S/C22H23ClN2O4/c1-13(2)17-10-18(23)14(3)9-20(17)28-12-21(26)29-15(4)22(27)25-19-8-6-5-7-16(19)11-24/h5-10,13,15H,12H2,1-4H3,(H,25,27)/t15-/m0/s1. The molecule has 0 radical (unpaired) electrons. The molecule has 0 aliphatic rings. The molecular weight excluding hydrogens is 392 g/mol. The van der Waals surface area contributed by atoms with Crippen LogP contribution in [-0.4, -0.2) is 24.6 Å². The first kappa shape index (κ1) is 22.3. The Morgan fingerprint density at radius 1 is 1.21 bits per heavy atom. The number of ether oxygens (including phenoxy) is 2. The molecule has 2 aromatic rings. The molecule has 0 fully saturated rings. The molecule has 0 unspecified atom stereocenters. The number of rotatable bonds is 7. The zero-order valence-electron chi connectivity index (χ0n) is 16.8. The van der Waals surface area contributed by atoms with Gasteiger partial charge in [-0.25, -0.2) is 4.79 Å². The largest absolute Gasteiger partial charge is 0.482 e. The smallest absolute Gasteiger partial charge is 0.344 e. The minimum atomic E-state index is -1.05. The van der Waals surface area contributed by atoms with Crippen LogP contribution in [0, 0.1) is 18.3 Å². The van der Waals surface area contributed by atoms with E-state index in [-0.39, 0.29) is 12.5 Å². The summed E-state index contributed by atoms with van der Waals surface area (Å²) in [5.74, 6) is -0.502. The summed E-state index contributed by atoms with van der Waals surface area (Å²) in [6, 6.07) is 12.2. The number of hydrogen-bond acceptors (Lipinski definition) is 5. The van der Waals surface area contributed by atoms with Crippen molar-refractivity contribution in [3.8, 4) is 11.8 Å². The van der Waals surface area contributed by atoms with Crippen molar-refractivity contribution in [2.24, 2.45) is 0 Å². The quantitative estimate of drug-likeness (QED) is 0.669. The molecule has 1 atom stereocenters. The van der Waals surface area contributed by atoms with E-state index in [0.29, 0.717) is 22.0 Å².